The summed E-state index contributed by atoms with van der Waals surface area (Å²) >= 11 is 0. The highest BCUT2D eigenvalue weighted by atomic mass is 19.4. The van der Waals surface area contributed by atoms with Crippen LogP contribution in [-0.2, 0) is 23.4 Å². The number of likely N-dealkylation sites (tertiary alicyclic amines) is 2. The highest BCUT2D eigenvalue weighted by Crippen LogP contribution is 2.45. The normalized spacial score (nSPS) is 22.6. The van der Waals surface area contributed by atoms with Gasteiger partial charge in [-0.05, 0) is 112 Å². The number of nitrogens with one attached hydrogen (secondary N) is 2. The number of likely N-dealkylation sites (N-methyl/N-ethyl adjacent to an activating group) is 2. The molecule has 2 heterocycles. The molecule has 2 aliphatic heterocycles. The summed E-state index contributed by atoms with van der Waals surface area (Å²) in [4.78, 5) is 31.1. The molecule has 4 aromatic carbocycles. The van der Waals surface area contributed by atoms with Crippen LogP contribution in [0.4, 0.5) is 26.3 Å². The van der Waals surface area contributed by atoms with Crippen LogP contribution in [0.3, 0.4) is 0 Å². The molecule has 0 bridgehead atoms. The van der Waals surface area contributed by atoms with Crippen molar-refractivity contribution in [1.29, 1.82) is 0 Å². The molecule has 1 aliphatic carbocycles. The van der Waals surface area contributed by atoms with Crippen molar-refractivity contribution in [3.8, 4) is 11.5 Å². The average molecular weight is 839 g/mol. The fourth-order valence-electron chi connectivity index (χ4n) is 8.89. The van der Waals surface area contributed by atoms with E-state index in [1.165, 1.54) is 20.3 Å². The molecule has 322 valence electrons. The third-order valence-corrected chi connectivity index (χ3v) is 11.6. The molecule has 3 fully saturated rings. The van der Waals surface area contributed by atoms with E-state index in [0.717, 1.165) is 74.2 Å². The summed E-state index contributed by atoms with van der Waals surface area (Å²) in [6.07, 6.45) is -4.99. The number of alkyl halides is 6. The second-order valence-corrected chi connectivity index (χ2v) is 16.5. The number of benzene rings is 4. The first-order chi connectivity index (χ1) is 28.4. The third-order valence-electron chi connectivity index (χ3n) is 11.6. The molecule has 4 aromatic rings. The number of methoxy groups -OCH3 is 2. The fraction of sp³-hybridized carbons (Fsp3) is 0.435. The van der Waals surface area contributed by atoms with E-state index >= 15 is 0 Å². The van der Waals surface area contributed by atoms with Crippen molar-refractivity contribution in [2.24, 2.45) is 5.92 Å². The van der Waals surface area contributed by atoms with E-state index in [2.05, 4.69) is 27.4 Å². The van der Waals surface area contributed by atoms with Crippen LogP contribution < -0.4 is 20.1 Å². The Balaban J connectivity index is 0.000000201. The first-order valence-corrected chi connectivity index (χ1v) is 20.1. The lowest BCUT2D eigenvalue weighted by Crippen LogP contribution is -2.57. The Labute approximate surface area is 347 Å². The number of carbonyl (C=O) groups is 2. The monoisotopic (exact) mass is 838 g/mol. The van der Waals surface area contributed by atoms with Gasteiger partial charge in [0.15, 0.2) is 0 Å². The molecule has 8 nitrogen and oxygen atoms in total. The van der Waals surface area contributed by atoms with E-state index in [-0.39, 0.29) is 28.9 Å². The van der Waals surface area contributed by atoms with Crippen LogP contribution >= 0.6 is 0 Å². The van der Waals surface area contributed by atoms with Crippen LogP contribution in [0.2, 0.25) is 0 Å². The van der Waals surface area contributed by atoms with Gasteiger partial charge in [0, 0.05) is 25.2 Å². The first kappa shape index (κ1) is 44.5. The molecule has 3 atom stereocenters. The SMILES string of the molecule is CC1CN(C)CC(NC(=O)c2ccc(C(F)(F)F)cc2C2CC2)(c2ccccc2)C1.COc1cc(C(F)(F)F)cc(OC)c1C(=O)NC1(c2ccccc2)CCCN(C)C1. The zero-order valence-corrected chi connectivity index (χ0v) is 34.5. The Bertz CT molecular complexity index is 2090. The summed E-state index contributed by atoms with van der Waals surface area (Å²) < 4.78 is 89.6. The molecular weight excluding hydrogens is 787 g/mol. The van der Waals surface area contributed by atoms with Crippen LogP contribution in [0.15, 0.2) is 91.0 Å². The maximum atomic E-state index is 13.4. The number of halogens is 6. The van der Waals surface area contributed by atoms with E-state index < -0.39 is 40.5 Å². The topological polar surface area (TPSA) is 83.1 Å². The number of nitrogens with zero attached hydrogens (tertiary/aromatic N) is 2. The van der Waals surface area contributed by atoms with Gasteiger partial charge in [-0.2, -0.15) is 26.3 Å². The van der Waals surface area contributed by atoms with Gasteiger partial charge in [0.2, 0.25) is 0 Å². The van der Waals surface area contributed by atoms with Crippen LogP contribution in [0, 0.1) is 5.92 Å². The van der Waals surface area contributed by atoms with Crippen LogP contribution in [0.1, 0.15) is 93.5 Å². The zero-order chi connectivity index (χ0) is 43.5. The predicted molar refractivity (Wildman–Crippen MR) is 217 cm³/mol. The van der Waals surface area contributed by atoms with Gasteiger partial charge in [0.25, 0.3) is 11.8 Å². The number of rotatable bonds is 9. The molecular formula is C46H52F6N4O4. The van der Waals surface area contributed by atoms with Gasteiger partial charge in [-0.1, -0.05) is 67.6 Å². The van der Waals surface area contributed by atoms with Crippen molar-refractivity contribution in [1.82, 2.24) is 20.4 Å². The van der Waals surface area contributed by atoms with E-state index in [4.69, 9.17) is 9.47 Å². The number of carbonyl (C=O) groups excluding carboxylic acids is 2. The Kier molecular flexibility index (Phi) is 13.2. The minimum Gasteiger partial charge on any atom is -0.496 e. The molecule has 0 aromatic heterocycles. The maximum Gasteiger partial charge on any atom is 0.416 e. The molecule has 0 radical (unpaired) electrons. The van der Waals surface area contributed by atoms with Gasteiger partial charge in [-0.3, -0.25) is 9.59 Å². The number of hydrogen-bond acceptors (Lipinski definition) is 6. The van der Waals surface area contributed by atoms with Crippen molar-refractivity contribution in [3.05, 3.63) is 130 Å². The second-order valence-electron chi connectivity index (χ2n) is 16.5. The summed E-state index contributed by atoms with van der Waals surface area (Å²) in [7, 11) is 6.47. The Hall–Kier alpha value is -5.08. The molecule has 7 rings (SSSR count). The smallest absolute Gasteiger partial charge is 0.416 e. The summed E-state index contributed by atoms with van der Waals surface area (Å²) in [6.45, 7) is 5.24. The Morgan fingerprint density at radius 2 is 1.23 bits per heavy atom. The van der Waals surface area contributed by atoms with Crippen molar-refractivity contribution >= 4 is 11.8 Å². The van der Waals surface area contributed by atoms with Crippen molar-refractivity contribution in [3.63, 3.8) is 0 Å². The van der Waals surface area contributed by atoms with E-state index in [1.54, 1.807) is 0 Å². The van der Waals surface area contributed by atoms with Crippen LogP contribution in [-0.4, -0.2) is 76.1 Å². The summed E-state index contributed by atoms with van der Waals surface area (Å²) in [5.74, 6) is -0.805. The maximum absolute atomic E-state index is 13.4. The fourth-order valence-corrected chi connectivity index (χ4v) is 8.89. The molecule has 3 aliphatic rings. The molecule has 3 unspecified atom stereocenters. The molecule has 2 amide bonds. The quantitative estimate of drug-likeness (QED) is 0.164. The van der Waals surface area contributed by atoms with Crippen LogP contribution in [0.5, 0.6) is 11.5 Å². The Morgan fingerprint density at radius 1 is 0.700 bits per heavy atom. The van der Waals surface area contributed by atoms with Crippen molar-refractivity contribution < 1.29 is 45.4 Å². The van der Waals surface area contributed by atoms with Gasteiger partial charge in [0.05, 0.1) is 36.4 Å². The number of hydrogen-bond donors (Lipinski definition) is 2. The van der Waals surface area contributed by atoms with Gasteiger partial charge >= 0.3 is 12.4 Å². The van der Waals surface area contributed by atoms with Crippen LogP contribution in [0.25, 0.3) is 0 Å². The third kappa shape index (κ3) is 10.1. The van der Waals surface area contributed by atoms with Crippen molar-refractivity contribution in [2.75, 3.05) is 54.5 Å². The summed E-state index contributed by atoms with van der Waals surface area (Å²) in [6, 6.07) is 24.6. The van der Waals surface area contributed by atoms with Crippen molar-refractivity contribution in [2.45, 2.75) is 68.4 Å². The zero-order valence-electron chi connectivity index (χ0n) is 34.5. The summed E-state index contributed by atoms with van der Waals surface area (Å²) in [5.41, 5.74) is -0.0989. The molecule has 1 saturated carbocycles. The summed E-state index contributed by atoms with van der Waals surface area (Å²) in [5, 5.41) is 6.33. The molecule has 2 saturated heterocycles. The number of ether oxygens (including phenoxy) is 2. The largest absolute Gasteiger partial charge is 0.496 e. The highest BCUT2D eigenvalue weighted by Gasteiger charge is 2.43. The minimum absolute atomic E-state index is 0.0358. The van der Waals surface area contributed by atoms with E-state index in [0.29, 0.717) is 36.6 Å². The highest BCUT2D eigenvalue weighted by molar-refractivity contribution is 6.00. The molecule has 0 spiro atoms. The molecule has 2 N–H and O–H groups in total. The Morgan fingerprint density at radius 3 is 1.73 bits per heavy atom. The number of piperidine rings is 2. The van der Waals surface area contributed by atoms with E-state index in [9.17, 15) is 35.9 Å². The lowest BCUT2D eigenvalue weighted by molar-refractivity contribution is -0.138. The lowest BCUT2D eigenvalue weighted by Gasteiger charge is -2.45. The molecule has 14 heteroatoms. The first-order valence-electron chi connectivity index (χ1n) is 20.1. The standard InChI is InChI=1S/C24H27F3N2O.C22H25F3N2O3/c1-16-13-23(15-29(2)14-16,18-6-4-3-5-7-18)28-22(30)20-11-10-19(24(25,26)27)12-21(20)17-8-9-17;1-27-11-7-10-21(14-27,15-8-5-4-6-9-15)26-20(28)19-17(29-2)12-16(22(23,24)25)13-18(19)30-3/h3-7,10-12,16-17H,8-9,13-15H2,1-2H3,(H,28,30);4-6,8-9,12-13H,7,10-11,14H2,1-3H3,(H,26,28). The minimum atomic E-state index is -4.59. The lowest BCUT2D eigenvalue weighted by atomic mass is 9.78. The average Bonchev–Trinajstić information content (AvgIpc) is 4.06. The van der Waals surface area contributed by atoms with Gasteiger partial charge in [-0.25, -0.2) is 0 Å². The molecule has 60 heavy (non-hydrogen) atoms. The van der Waals surface area contributed by atoms with Gasteiger partial charge in [0.1, 0.15) is 17.1 Å². The van der Waals surface area contributed by atoms with Gasteiger partial charge in [-0.15, -0.1) is 0 Å². The van der Waals surface area contributed by atoms with E-state index in [1.807, 2.05) is 74.8 Å². The number of amides is 2. The van der Waals surface area contributed by atoms with Gasteiger partial charge < -0.3 is 29.9 Å². The second kappa shape index (κ2) is 17.9. The predicted octanol–water partition coefficient (Wildman–Crippen LogP) is 9.25.